The van der Waals surface area contributed by atoms with Crippen LogP contribution in [0.3, 0.4) is 0 Å². The van der Waals surface area contributed by atoms with Gasteiger partial charge in [-0.2, -0.15) is 0 Å². The van der Waals surface area contributed by atoms with Crippen molar-refractivity contribution in [2.24, 2.45) is 0 Å². The summed E-state index contributed by atoms with van der Waals surface area (Å²) in [5.74, 6) is -0.0684. The molecule has 1 aromatic heterocycles. The van der Waals surface area contributed by atoms with E-state index < -0.39 is 0 Å². The molecule has 0 saturated carbocycles. The standard InChI is InChI=1S/C26H28FN3O/c27-22-9-3-1-7-20(22)18-30-25-14-16-29(24(25)11-5-6-12-26(30)31)17-19-13-15-28-23-10-4-2-8-21(19)23/h1-4,7-10,13,15,24-25H,5-6,11-12,14,16-18H2/t24-,25+/m1/s1. The minimum Gasteiger partial charge on any atom is -0.334 e. The molecule has 0 spiro atoms. The van der Waals surface area contributed by atoms with E-state index in [1.165, 1.54) is 17.0 Å². The third-order valence-corrected chi connectivity index (χ3v) is 6.90. The van der Waals surface area contributed by atoms with Crippen molar-refractivity contribution in [1.29, 1.82) is 0 Å². The molecule has 0 bridgehead atoms. The Hall–Kier alpha value is -2.79. The summed E-state index contributed by atoms with van der Waals surface area (Å²) in [6.45, 7) is 2.16. The zero-order valence-electron chi connectivity index (χ0n) is 17.7. The van der Waals surface area contributed by atoms with Gasteiger partial charge in [0.05, 0.1) is 5.52 Å². The Morgan fingerprint density at radius 1 is 0.903 bits per heavy atom. The Morgan fingerprint density at radius 2 is 1.74 bits per heavy atom. The first-order valence-electron chi connectivity index (χ1n) is 11.3. The van der Waals surface area contributed by atoms with Gasteiger partial charge in [0.15, 0.2) is 0 Å². The number of halogens is 1. The fourth-order valence-electron chi connectivity index (χ4n) is 5.32. The number of aromatic nitrogens is 1. The van der Waals surface area contributed by atoms with E-state index in [0.29, 0.717) is 24.6 Å². The lowest BCUT2D eigenvalue weighted by molar-refractivity contribution is -0.135. The van der Waals surface area contributed by atoms with E-state index in [1.807, 2.05) is 23.2 Å². The predicted molar refractivity (Wildman–Crippen MR) is 120 cm³/mol. The van der Waals surface area contributed by atoms with Gasteiger partial charge >= 0.3 is 0 Å². The van der Waals surface area contributed by atoms with Crippen molar-refractivity contribution in [3.63, 3.8) is 0 Å². The molecule has 0 unspecified atom stereocenters. The fourth-order valence-corrected chi connectivity index (χ4v) is 5.32. The summed E-state index contributed by atoms with van der Waals surface area (Å²) < 4.78 is 14.4. The molecule has 3 aromatic rings. The van der Waals surface area contributed by atoms with Gasteiger partial charge in [0.25, 0.3) is 0 Å². The molecule has 2 saturated heterocycles. The first-order valence-corrected chi connectivity index (χ1v) is 11.3. The van der Waals surface area contributed by atoms with Crippen LogP contribution in [0.2, 0.25) is 0 Å². The highest BCUT2D eigenvalue weighted by Gasteiger charge is 2.40. The van der Waals surface area contributed by atoms with Crippen molar-refractivity contribution >= 4 is 16.8 Å². The van der Waals surface area contributed by atoms with Crippen LogP contribution in [0.1, 0.15) is 43.2 Å². The zero-order chi connectivity index (χ0) is 21.2. The maximum Gasteiger partial charge on any atom is 0.223 e. The smallest absolute Gasteiger partial charge is 0.223 e. The van der Waals surface area contributed by atoms with Crippen molar-refractivity contribution in [1.82, 2.24) is 14.8 Å². The van der Waals surface area contributed by atoms with Gasteiger partial charge in [-0.05, 0) is 43.0 Å². The highest BCUT2D eigenvalue weighted by molar-refractivity contribution is 5.81. The maximum atomic E-state index is 14.4. The average Bonchev–Trinajstić information content (AvgIpc) is 3.16. The van der Waals surface area contributed by atoms with E-state index in [2.05, 4.69) is 34.1 Å². The summed E-state index contributed by atoms with van der Waals surface area (Å²) in [7, 11) is 0. The Kier molecular flexibility index (Phi) is 5.68. The molecule has 2 aliphatic heterocycles. The van der Waals surface area contributed by atoms with Gasteiger partial charge in [-0.25, -0.2) is 4.39 Å². The number of fused-ring (bicyclic) bond motifs is 2. The number of para-hydroxylation sites is 1. The molecule has 0 N–H and O–H groups in total. The van der Waals surface area contributed by atoms with E-state index in [0.717, 1.165) is 44.3 Å². The van der Waals surface area contributed by atoms with Crippen molar-refractivity contribution in [3.05, 3.63) is 77.7 Å². The number of rotatable bonds is 4. The van der Waals surface area contributed by atoms with Crippen LogP contribution >= 0.6 is 0 Å². The largest absolute Gasteiger partial charge is 0.334 e. The molecular formula is C26H28FN3O. The molecule has 3 heterocycles. The normalized spacial score (nSPS) is 22.4. The molecule has 0 radical (unpaired) electrons. The predicted octanol–water partition coefficient (Wildman–Crippen LogP) is 4.92. The number of carbonyl (C=O) groups is 1. The van der Waals surface area contributed by atoms with Gasteiger partial charge in [-0.1, -0.05) is 42.8 Å². The zero-order valence-corrected chi connectivity index (χ0v) is 17.7. The Labute approximate surface area is 182 Å². The van der Waals surface area contributed by atoms with Crippen LogP contribution in [0.4, 0.5) is 4.39 Å². The Bertz CT molecular complexity index is 1080. The van der Waals surface area contributed by atoms with Crippen LogP contribution in [-0.2, 0) is 17.9 Å². The molecule has 160 valence electrons. The number of benzene rings is 2. The number of likely N-dealkylation sites (tertiary alicyclic amines) is 2. The fraction of sp³-hybridized carbons (Fsp3) is 0.385. The molecular weight excluding hydrogens is 389 g/mol. The SMILES string of the molecule is O=C1CCCC[C@@H]2[C@H](CCN2Cc2ccnc3ccccc23)N1Cc1ccccc1F. The molecule has 2 aliphatic rings. The first kappa shape index (κ1) is 20.1. The summed E-state index contributed by atoms with van der Waals surface area (Å²) in [6.07, 6.45) is 6.43. The van der Waals surface area contributed by atoms with Crippen LogP contribution in [0, 0.1) is 5.82 Å². The third-order valence-electron chi connectivity index (χ3n) is 6.90. The Morgan fingerprint density at radius 3 is 2.65 bits per heavy atom. The van der Waals surface area contributed by atoms with E-state index in [4.69, 9.17) is 0 Å². The van der Waals surface area contributed by atoms with Gasteiger partial charge in [0, 0.05) is 55.3 Å². The number of pyridine rings is 1. The van der Waals surface area contributed by atoms with E-state index in [9.17, 15) is 9.18 Å². The first-order chi connectivity index (χ1) is 15.2. The number of amides is 1. The maximum absolute atomic E-state index is 14.4. The quantitative estimate of drug-likeness (QED) is 0.605. The van der Waals surface area contributed by atoms with Gasteiger partial charge < -0.3 is 4.90 Å². The van der Waals surface area contributed by atoms with Gasteiger partial charge in [-0.15, -0.1) is 0 Å². The van der Waals surface area contributed by atoms with Crippen molar-refractivity contribution in [3.8, 4) is 0 Å². The molecule has 0 aliphatic carbocycles. The van der Waals surface area contributed by atoms with E-state index >= 15 is 0 Å². The molecule has 2 aromatic carbocycles. The monoisotopic (exact) mass is 417 g/mol. The summed E-state index contributed by atoms with van der Waals surface area (Å²) >= 11 is 0. The Balaban J connectivity index is 1.41. The van der Waals surface area contributed by atoms with Gasteiger partial charge in [0.2, 0.25) is 5.91 Å². The highest BCUT2D eigenvalue weighted by atomic mass is 19.1. The molecule has 4 nitrogen and oxygen atoms in total. The third kappa shape index (κ3) is 4.07. The molecule has 5 heteroatoms. The molecule has 2 fully saturated rings. The van der Waals surface area contributed by atoms with Gasteiger partial charge in [0.1, 0.15) is 5.82 Å². The lowest BCUT2D eigenvalue weighted by Gasteiger charge is -2.37. The minimum atomic E-state index is -0.230. The average molecular weight is 418 g/mol. The molecule has 5 rings (SSSR count). The van der Waals surface area contributed by atoms with Crippen LogP contribution in [0.5, 0.6) is 0 Å². The second-order valence-electron chi connectivity index (χ2n) is 8.74. The summed E-state index contributed by atoms with van der Waals surface area (Å²) in [6, 6.07) is 17.7. The molecule has 31 heavy (non-hydrogen) atoms. The summed E-state index contributed by atoms with van der Waals surface area (Å²) in [5, 5.41) is 1.19. The van der Waals surface area contributed by atoms with E-state index in [1.54, 1.807) is 12.1 Å². The van der Waals surface area contributed by atoms with Crippen molar-refractivity contribution in [2.75, 3.05) is 6.54 Å². The minimum absolute atomic E-state index is 0.139. The lowest BCUT2D eigenvalue weighted by Crippen LogP contribution is -2.48. The van der Waals surface area contributed by atoms with E-state index in [-0.39, 0.29) is 17.8 Å². The number of hydrogen-bond donors (Lipinski definition) is 0. The van der Waals surface area contributed by atoms with Crippen molar-refractivity contribution < 1.29 is 9.18 Å². The highest BCUT2D eigenvalue weighted by Crippen LogP contribution is 2.33. The molecule has 1 amide bonds. The lowest BCUT2D eigenvalue weighted by atomic mass is 9.95. The van der Waals surface area contributed by atoms with Crippen molar-refractivity contribution in [2.45, 2.75) is 57.3 Å². The topological polar surface area (TPSA) is 36.4 Å². The molecule has 2 atom stereocenters. The van der Waals surface area contributed by atoms with Crippen LogP contribution < -0.4 is 0 Å². The second-order valence-corrected chi connectivity index (χ2v) is 8.74. The summed E-state index contributed by atoms with van der Waals surface area (Å²) in [4.78, 5) is 22.0. The number of carbonyl (C=O) groups excluding carboxylic acids is 1. The number of hydrogen-bond acceptors (Lipinski definition) is 3. The summed E-state index contributed by atoms with van der Waals surface area (Å²) in [5.41, 5.74) is 2.90. The second kappa shape index (κ2) is 8.75. The number of nitrogens with zero attached hydrogens (tertiary/aromatic N) is 3. The van der Waals surface area contributed by atoms with Crippen LogP contribution in [-0.4, -0.2) is 39.3 Å². The van der Waals surface area contributed by atoms with Crippen LogP contribution in [0.25, 0.3) is 10.9 Å². The van der Waals surface area contributed by atoms with Crippen LogP contribution in [0.15, 0.2) is 60.8 Å². The van der Waals surface area contributed by atoms with Gasteiger partial charge in [-0.3, -0.25) is 14.7 Å².